The zero-order valence-corrected chi connectivity index (χ0v) is 9.91. The van der Waals surface area contributed by atoms with Crippen LogP contribution in [0.1, 0.15) is 13.8 Å². The number of para-hydroxylation sites is 1. The number of nitro groups is 1. The number of hydrogen-bond acceptors (Lipinski definition) is 3. The van der Waals surface area contributed by atoms with Gasteiger partial charge in [0.1, 0.15) is 10.7 Å². The van der Waals surface area contributed by atoms with Gasteiger partial charge < -0.3 is 5.32 Å². The van der Waals surface area contributed by atoms with Gasteiger partial charge in [-0.3, -0.25) is 10.1 Å². The molecule has 0 aliphatic heterocycles. The lowest BCUT2D eigenvalue weighted by atomic mass is 10.2. The second kappa shape index (κ2) is 5.51. The predicted molar refractivity (Wildman–Crippen MR) is 66.0 cm³/mol. The Morgan fingerprint density at radius 2 is 2.25 bits per heavy atom. The molecule has 0 radical (unpaired) electrons. The van der Waals surface area contributed by atoms with Gasteiger partial charge in [0.05, 0.1) is 4.92 Å². The Hall–Kier alpha value is -1.55. The van der Waals surface area contributed by atoms with E-state index in [1.54, 1.807) is 12.1 Å². The van der Waals surface area contributed by atoms with E-state index >= 15 is 0 Å². The summed E-state index contributed by atoms with van der Waals surface area (Å²) in [4.78, 5) is 10.3. The first-order chi connectivity index (χ1) is 7.52. The molecular weight excluding hydrogens is 228 g/mol. The van der Waals surface area contributed by atoms with Crippen LogP contribution in [0, 0.1) is 10.1 Å². The van der Waals surface area contributed by atoms with E-state index < -0.39 is 4.92 Å². The van der Waals surface area contributed by atoms with Crippen molar-refractivity contribution in [1.82, 2.24) is 0 Å². The number of allylic oxidation sites excluding steroid dienone is 1. The second-order valence-electron chi connectivity index (χ2n) is 3.56. The van der Waals surface area contributed by atoms with E-state index in [9.17, 15) is 10.1 Å². The quantitative estimate of drug-likeness (QED) is 0.497. The van der Waals surface area contributed by atoms with Gasteiger partial charge in [0, 0.05) is 6.54 Å². The molecule has 0 aliphatic rings. The first kappa shape index (κ1) is 12.5. The molecule has 1 aromatic rings. The van der Waals surface area contributed by atoms with Gasteiger partial charge in [-0.1, -0.05) is 29.3 Å². The molecule has 86 valence electrons. The number of nitrogens with zero attached hydrogens (tertiary/aromatic N) is 1. The highest BCUT2D eigenvalue weighted by Crippen LogP contribution is 2.31. The molecule has 0 saturated heterocycles. The van der Waals surface area contributed by atoms with Crippen molar-refractivity contribution in [3.8, 4) is 0 Å². The maximum absolute atomic E-state index is 10.8. The standard InChI is InChI=1S/C11H13ClN2O2/c1-8(2)6-7-13-10-5-3-4-9(12)11(10)14(15)16/h3-6,13H,7H2,1-2H3. The summed E-state index contributed by atoms with van der Waals surface area (Å²) >= 11 is 5.77. The summed E-state index contributed by atoms with van der Waals surface area (Å²) in [6.45, 7) is 4.48. The molecule has 0 atom stereocenters. The molecule has 0 fully saturated rings. The fraction of sp³-hybridized carbons (Fsp3) is 0.273. The lowest BCUT2D eigenvalue weighted by molar-refractivity contribution is -0.383. The highest BCUT2D eigenvalue weighted by molar-refractivity contribution is 6.33. The van der Waals surface area contributed by atoms with Crippen molar-refractivity contribution >= 4 is 23.0 Å². The average Bonchev–Trinajstić information content (AvgIpc) is 2.16. The first-order valence-corrected chi connectivity index (χ1v) is 5.20. The molecule has 1 aromatic carbocycles. The molecule has 0 bridgehead atoms. The Morgan fingerprint density at radius 1 is 1.56 bits per heavy atom. The van der Waals surface area contributed by atoms with Gasteiger partial charge in [-0.05, 0) is 26.0 Å². The van der Waals surface area contributed by atoms with Gasteiger partial charge in [0.15, 0.2) is 0 Å². The van der Waals surface area contributed by atoms with Crippen LogP contribution in [0.3, 0.4) is 0 Å². The smallest absolute Gasteiger partial charge is 0.310 e. The molecule has 0 heterocycles. The Balaban J connectivity index is 2.91. The van der Waals surface area contributed by atoms with E-state index in [4.69, 9.17) is 11.6 Å². The van der Waals surface area contributed by atoms with Crippen molar-refractivity contribution < 1.29 is 4.92 Å². The van der Waals surface area contributed by atoms with Gasteiger partial charge in [-0.15, -0.1) is 0 Å². The third-order valence-corrected chi connectivity index (χ3v) is 2.28. The van der Waals surface area contributed by atoms with Crippen LogP contribution >= 0.6 is 11.6 Å². The molecule has 0 aliphatic carbocycles. The summed E-state index contributed by atoms with van der Waals surface area (Å²) in [7, 11) is 0. The number of anilines is 1. The normalized spacial score (nSPS) is 9.69. The fourth-order valence-electron chi connectivity index (χ4n) is 1.21. The van der Waals surface area contributed by atoms with Gasteiger partial charge in [0.25, 0.3) is 0 Å². The molecule has 4 nitrogen and oxygen atoms in total. The molecule has 5 heteroatoms. The van der Waals surface area contributed by atoms with Gasteiger partial charge in [0.2, 0.25) is 0 Å². The van der Waals surface area contributed by atoms with Crippen molar-refractivity contribution in [2.24, 2.45) is 0 Å². The molecule has 1 rings (SSSR count). The SMILES string of the molecule is CC(C)=CCNc1cccc(Cl)c1[N+](=O)[O-]. The fourth-order valence-corrected chi connectivity index (χ4v) is 1.45. The molecule has 0 saturated carbocycles. The summed E-state index contributed by atoms with van der Waals surface area (Å²) in [6.07, 6.45) is 1.95. The summed E-state index contributed by atoms with van der Waals surface area (Å²) in [5.74, 6) is 0. The monoisotopic (exact) mass is 240 g/mol. The minimum atomic E-state index is -0.479. The summed E-state index contributed by atoms with van der Waals surface area (Å²) in [5.41, 5.74) is 1.51. The Bertz CT molecular complexity index is 426. The van der Waals surface area contributed by atoms with Crippen LogP contribution in [0.2, 0.25) is 5.02 Å². The lowest BCUT2D eigenvalue weighted by Crippen LogP contribution is -2.02. The molecule has 0 unspecified atom stereocenters. The Kier molecular flexibility index (Phi) is 4.31. The van der Waals surface area contributed by atoms with Gasteiger partial charge in [-0.25, -0.2) is 0 Å². The lowest BCUT2D eigenvalue weighted by Gasteiger charge is -2.05. The van der Waals surface area contributed by atoms with E-state index in [-0.39, 0.29) is 10.7 Å². The summed E-state index contributed by atoms with van der Waals surface area (Å²) in [6, 6.07) is 4.83. The highest BCUT2D eigenvalue weighted by atomic mass is 35.5. The van der Waals surface area contributed by atoms with Crippen LogP contribution in [0.25, 0.3) is 0 Å². The van der Waals surface area contributed by atoms with Gasteiger partial charge >= 0.3 is 5.69 Å². The topological polar surface area (TPSA) is 55.2 Å². The van der Waals surface area contributed by atoms with Crippen molar-refractivity contribution in [3.05, 3.63) is 45.0 Å². The number of rotatable bonds is 4. The van der Waals surface area contributed by atoms with Crippen LogP contribution in [-0.4, -0.2) is 11.5 Å². The third kappa shape index (κ3) is 3.24. The highest BCUT2D eigenvalue weighted by Gasteiger charge is 2.17. The first-order valence-electron chi connectivity index (χ1n) is 4.82. The van der Waals surface area contributed by atoms with E-state index in [0.717, 1.165) is 5.57 Å². The van der Waals surface area contributed by atoms with Crippen LogP contribution in [0.4, 0.5) is 11.4 Å². The number of nitrogens with one attached hydrogen (secondary N) is 1. The molecule has 0 aromatic heterocycles. The van der Waals surface area contributed by atoms with E-state index in [1.807, 2.05) is 19.9 Å². The molecule has 1 N–H and O–H groups in total. The number of nitro benzene ring substituents is 1. The summed E-state index contributed by atoms with van der Waals surface area (Å²) in [5, 5.41) is 13.9. The van der Waals surface area contributed by atoms with Crippen LogP contribution in [0.5, 0.6) is 0 Å². The van der Waals surface area contributed by atoms with Crippen molar-refractivity contribution in [2.45, 2.75) is 13.8 Å². The van der Waals surface area contributed by atoms with Gasteiger partial charge in [-0.2, -0.15) is 0 Å². The zero-order chi connectivity index (χ0) is 12.1. The van der Waals surface area contributed by atoms with Crippen molar-refractivity contribution in [2.75, 3.05) is 11.9 Å². The number of halogens is 1. The van der Waals surface area contributed by atoms with Crippen molar-refractivity contribution in [1.29, 1.82) is 0 Å². The molecule has 0 spiro atoms. The van der Waals surface area contributed by atoms with E-state index in [1.165, 1.54) is 6.07 Å². The zero-order valence-electron chi connectivity index (χ0n) is 9.16. The number of benzene rings is 1. The largest absolute Gasteiger partial charge is 0.376 e. The van der Waals surface area contributed by atoms with E-state index in [2.05, 4.69) is 5.32 Å². The summed E-state index contributed by atoms with van der Waals surface area (Å²) < 4.78 is 0. The predicted octanol–water partition coefficient (Wildman–Crippen LogP) is 3.63. The molecule has 0 amide bonds. The molecule has 16 heavy (non-hydrogen) atoms. The molecular formula is C11H13ClN2O2. The number of hydrogen-bond donors (Lipinski definition) is 1. The average molecular weight is 241 g/mol. The minimum absolute atomic E-state index is 0.0775. The third-order valence-electron chi connectivity index (χ3n) is 1.97. The van der Waals surface area contributed by atoms with E-state index in [0.29, 0.717) is 12.2 Å². The van der Waals surface area contributed by atoms with Crippen molar-refractivity contribution in [3.63, 3.8) is 0 Å². The maximum atomic E-state index is 10.8. The maximum Gasteiger partial charge on any atom is 0.310 e. The minimum Gasteiger partial charge on any atom is -0.376 e. The Morgan fingerprint density at radius 3 is 2.81 bits per heavy atom. The van der Waals surface area contributed by atoms with Crippen LogP contribution < -0.4 is 5.32 Å². The van der Waals surface area contributed by atoms with Crippen LogP contribution in [0.15, 0.2) is 29.8 Å². The van der Waals surface area contributed by atoms with Crippen LogP contribution in [-0.2, 0) is 0 Å². The Labute approximate surface area is 99.1 Å². The second-order valence-corrected chi connectivity index (χ2v) is 3.96.